The summed E-state index contributed by atoms with van der Waals surface area (Å²) < 4.78 is 0.908. The van der Waals surface area contributed by atoms with Gasteiger partial charge in [0.05, 0.1) is 11.8 Å². The van der Waals surface area contributed by atoms with E-state index in [-0.39, 0.29) is 0 Å². The molecule has 0 radical (unpaired) electrons. The number of anilines is 1. The van der Waals surface area contributed by atoms with E-state index in [2.05, 4.69) is 21.2 Å². The van der Waals surface area contributed by atoms with Gasteiger partial charge in [0, 0.05) is 26.6 Å². The van der Waals surface area contributed by atoms with Crippen LogP contribution in [0, 0.1) is 6.92 Å². The third-order valence-electron chi connectivity index (χ3n) is 3.00. The molecule has 2 aromatic carbocycles. The van der Waals surface area contributed by atoms with E-state index in [0.717, 1.165) is 15.7 Å². The average molecular weight is 375 g/mol. The summed E-state index contributed by atoms with van der Waals surface area (Å²) in [6.07, 6.45) is -0.685. The van der Waals surface area contributed by atoms with E-state index < -0.39 is 6.10 Å². The Hall–Kier alpha value is -0.740. The molecule has 0 bridgehead atoms. The number of rotatable bonds is 4. The van der Waals surface area contributed by atoms with Crippen LogP contribution in [-0.2, 0) is 0 Å². The number of hydrogen-bond donors (Lipinski definition) is 2. The van der Waals surface area contributed by atoms with Gasteiger partial charge in [0.1, 0.15) is 0 Å². The predicted molar refractivity (Wildman–Crippen MR) is 88.8 cm³/mol. The zero-order valence-corrected chi connectivity index (χ0v) is 13.9. The number of hydrogen-bond acceptors (Lipinski definition) is 2. The Balaban J connectivity index is 2.09. The number of aryl methyl sites for hydroxylation is 1. The number of nitrogens with one attached hydrogen (secondary N) is 1. The molecule has 20 heavy (non-hydrogen) atoms. The zero-order valence-electron chi connectivity index (χ0n) is 10.8. The van der Waals surface area contributed by atoms with Crippen molar-refractivity contribution in [2.75, 3.05) is 11.9 Å². The molecule has 2 rings (SSSR count). The Labute approximate surface area is 136 Å². The van der Waals surface area contributed by atoms with Gasteiger partial charge < -0.3 is 10.4 Å². The highest BCUT2D eigenvalue weighted by atomic mass is 79.9. The lowest BCUT2D eigenvalue weighted by Crippen LogP contribution is -2.13. The molecular weight excluding hydrogens is 361 g/mol. The maximum Gasteiger partial charge on any atom is 0.0976 e. The minimum absolute atomic E-state index is 0.349. The number of halogens is 3. The Kier molecular flexibility index (Phi) is 5.33. The van der Waals surface area contributed by atoms with Crippen LogP contribution < -0.4 is 5.32 Å². The largest absolute Gasteiger partial charge is 0.387 e. The Morgan fingerprint density at radius 1 is 1.20 bits per heavy atom. The minimum atomic E-state index is -0.685. The summed E-state index contributed by atoms with van der Waals surface area (Å²) in [5.41, 5.74) is 2.54. The maximum absolute atomic E-state index is 10.2. The fourth-order valence-corrected chi connectivity index (χ4v) is 2.87. The van der Waals surface area contributed by atoms with E-state index >= 15 is 0 Å². The van der Waals surface area contributed by atoms with Crippen molar-refractivity contribution < 1.29 is 5.11 Å². The van der Waals surface area contributed by atoms with Gasteiger partial charge in [0.15, 0.2) is 0 Å². The lowest BCUT2D eigenvalue weighted by molar-refractivity contribution is 0.191. The van der Waals surface area contributed by atoms with Crippen LogP contribution in [0.3, 0.4) is 0 Å². The average Bonchev–Trinajstić information content (AvgIpc) is 2.41. The Morgan fingerprint density at radius 2 is 1.90 bits per heavy atom. The molecule has 106 valence electrons. The van der Waals surface area contributed by atoms with Crippen molar-refractivity contribution in [3.05, 3.63) is 62.0 Å². The number of benzene rings is 2. The molecule has 0 heterocycles. The van der Waals surface area contributed by atoms with Gasteiger partial charge in [-0.15, -0.1) is 0 Å². The van der Waals surface area contributed by atoms with Gasteiger partial charge in [-0.1, -0.05) is 41.4 Å². The highest BCUT2D eigenvalue weighted by Gasteiger charge is 2.12. The fourth-order valence-electron chi connectivity index (χ4n) is 1.84. The van der Waals surface area contributed by atoms with Gasteiger partial charge in [-0.2, -0.15) is 0 Å². The van der Waals surface area contributed by atoms with E-state index in [9.17, 15) is 5.11 Å². The van der Waals surface area contributed by atoms with Gasteiger partial charge in [0.25, 0.3) is 0 Å². The first-order valence-corrected chi connectivity index (χ1v) is 7.66. The standard InChI is InChI=1S/C15H14BrCl2NO/c1-9-6-11(16)14(7-13(9)18)19-8-15(20)10-4-2-3-5-12(10)17/h2-7,15,19-20H,8H2,1H3. The molecular formula is C15H14BrCl2NO. The molecule has 0 amide bonds. The lowest BCUT2D eigenvalue weighted by Gasteiger charge is -2.16. The van der Waals surface area contributed by atoms with Crippen LogP contribution in [0.15, 0.2) is 40.9 Å². The molecule has 0 aromatic heterocycles. The first kappa shape index (κ1) is 15.6. The third kappa shape index (κ3) is 3.67. The van der Waals surface area contributed by atoms with Gasteiger partial charge in [0.2, 0.25) is 0 Å². The second-order valence-corrected chi connectivity index (χ2v) is 6.17. The summed E-state index contributed by atoms with van der Waals surface area (Å²) in [7, 11) is 0. The van der Waals surface area contributed by atoms with Crippen molar-refractivity contribution in [1.82, 2.24) is 0 Å². The van der Waals surface area contributed by atoms with Crippen LogP contribution in [-0.4, -0.2) is 11.7 Å². The highest BCUT2D eigenvalue weighted by Crippen LogP contribution is 2.30. The molecule has 2 N–H and O–H groups in total. The highest BCUT2D eigenvalue weighted by molar-refractivity contribution is 9.10. The molecule has 0 saturated heterocycles. The van der Waals surface area contributed by atoms with E-state index in [1.807, 2.05) is 37.3 Å². The SMILES string of the molecule is Cc1cc(Br)c(NCC(O)c2ccccc2Cl)cc1Cl. The topological polar surface area (TPSA) is 32.3 Å². The smallest absolute Gasteiger partial charge is 0.0976 e. The van der Waals surface area contributed by atoms with Crippen molar-refractivity contribution in [1.29, 1.82) is 0 Å². The van der Waals surface area contributed by atoms with Crippen LogP contribution >= 0.6 is 39.1 Å². The van der Waals surface area contributed by atoms with E-state index in [1.165, 1.54) is 0 Å². The summed E-state index contributed by atoms with van der Waals surface area (Å²) in [5, 5.41) is 14.6. The van der Waals surface area contributed by atoms with Crippen LogP contribution in [0.25, 0.3) is 0 Å². The zero-order chi connectivity index (χ0) is 14.7. The Bertz CT molecular complexity index is 619. The van der Waals surface area contributed by atoms with Crippen molar-refractivity contribution in [3.8, 4) is 0 Å². The summed E-state index contributed by atoms with van der Waals surface area (Å²) in [6.45, 7) is 2.29. The molecule has 1 unspecified atom stereocenters. The molecule has 5 heteroatoms. The molecule has 0 aliphatic rings. The van der Waals surface area contributed by atoms with Gasteiger partial charge in [-0.05, 0) is 46.6 Å². The molecule has 0 aliphatic heterocycles. The molecule has 0 saturated carbocycles. The van der Waals surface area contributed by atoms with Crippen molar-refractivity contribution in [3.63, 3.8) is 0 Å². The van der Waals surface area contributed by atoms with Gasteiger partial charge >= 0.3 is 0 Å². The summed E-state index contributed by atoms with van der Waals surface area (Å²) in [4.78, 5) is 0. The van der Waals surface area contributed by atoms with Crippen molar-refractivity contribution in [2.45, 2.75) is 13.0 Å². The van der Waals surface area contributed by atoms with Gasteiger partial charge in [-0.25, -0.2) is 0 Å². The molecule has 1 atom stereocenters. The minimum Gasteiger partial charge on any atom is -0.387 e. The summed E-state index contributed by atoms with van der Waals surface area (Å²) in [5.74, 6) is 0. The first-order chi connectivity index (χ1) is 9.49. The van der Waals surface area contributed by atoms with Crippen molar-refractivity contribution >= 4 is 44.8 Å². The third-order valence-corrected chi connectivity index (χ3v) is 4.41. The van der Waals surface area contributed by atoms with E-state index in [1.54, 1.807) is 6.07 Å². The van der Waals surface area contributed by atoms with E-state index in [4.69, 9.17) is 23.2 Å². The van der Waals surface area contributed by atoms with Crippen LogP contribution in [0.5, 0.6) is 0 Å². The summed E-state index contributed by atoms with van der Waals surface area (Å²) >= 11 is 15.6. The van der Waals surface area contributed by atoms with Crippen molar-refractivity contribution in [2.24, 2.45) is 0 Å². The van der Waals surface area contributed by atoms with Crippen LogP contribution in [0.2, 0.25) is 10.0 Å². The Morgan fingerprint density at radius 3 is 2.60 bits per heavy atom. The number of aliphatic hydroxyl groups is 1. The van der Waals surface area contributed by atoms with E-state index in [0.29, 0.717) is 22.2 Å². The monoisotopic (exact) mass is 373 g/mol. The second kappa shape index (κ2) is 6.81. The molecule has 0 fully saturated rings. The number of aliphatic hydroxyl groups excluding tert-OH is 1. The summed E-state index contributed by atoms with van der Waals surface area (Å²) in [6, 6.07) is 11.0. The lowest BCUT2D eigenvalue weighted by atomic mass is 10.1. The molecule has 0 spiro atoms. The van der Waals surface area contributed by atoms with Crippen LogP contribution in [0.1, 0.15) is 17.2 Å². The first-order valence-electron chi connectivity index (χ1n) is 6.11. The maximum atomic E-state index is 10.2. The quantitative estimate of drug-likeness (QED) is 0.769. The molecule has 2 nitrogen and oxygen atoms in total. The fraction of sp³-hybridized carbons (Fsp3) is 0.200. The van der Waals surface area contributed by atoms with Gasteiger partial charge in [-0.3, -0.25) is 0 Å². The predicted octanol–water partition coefficient (Wildman–Crippen LogP) is 5.21. The molecule has 2 aromatic rings. The molecule has 0 aliphatic carbocycles. The van der Waals surface area contributed by atoms with Crippen LogP contribution in [0.4, 0.5) is 5.69 Å². The normalized spacial score (nSPS) is 12.2. The second-order valence-electron chi connectivity index (χ2n) is 4.50.